The van der Waals surface area contributed by atoms with E-state index in [4.69, 9.17) is 16.0 Å². The predicted molar refractivity (Wildman–Crippen MR) is 102 cm³/mol. The first kappa shape index (κ1) is 18.8. The van der Waals surface area contributed by atoms with Gasteiger partial charge in [0.15, 0.2) is 5.96 Å². The monoisotopic (exact) mass is 433 g/mol. The Kier molecular flexibility index (Phi) is 9.00. The number of nitrogens with zero attached hydrogens (tertiary/aromatic N) is 1. The van der Waals surface area contributed by atoms with E-state index in [1.54, 1.807) is 13.3 Å². The van der Waals surface area contributed by atoms with Gasteiger partial charge in [-0.25, -0.2) is 0 Å². The minimum absolute atomic E-state index is 0. The van der Waals surface area contributed by atoms with Crippen LogP contribution >= 0.6 is 35.6 Å². The summed E-state index contributed by atoms with van der Waals surface area (Å²) in [5, 5.41) is 7.31. The highest BCUT2D eigenvalue weighted by molar-refractivity contribution is 14.0. The molecule has 2 aromatic rings. The lowest BCUT2D eigenvalue weighted by atomic mass is 10.1. The molecule has 1 aromatic carbocycles. The van der Waals surface area contributed by atoms with E-state index in [0.29, 0.717) is 0 Å². The zero-order chi connectivity index (χ0) is 14.9. The lowest BCUT2D eigenvalue weighted by molar-refractivity contribution is 0.507. The van der Waals surface area contributed by atoms with Crippen LogP contribution < -0.4 is 10.6 Å². The molecule has 1 aromatic heterocycles. The molecule has 0 radical (unpaired) electrons. The van der Waals surface area contributed by atoms with E-state index in [-0.39, 0.29) is 24.0 Å². The summed E-state index contributed by atoms with van der Waals surface area (Å²) < 4.78 is 5.29. The van der Waals surface area contributed by atoms with Crippen molar-refractivity contribution in [3.63, 3.8) is 0 Å². The number of hydrogen-bond acceptors (Lipinski definition) is 2. The first-order chi connectivity index (χ1) is 10.3. The standard InChI is InChI=1S/C16H20ClN3O.HI/c1-18-16(20-10-8-15-6-3-11-21-15)19-9-7-13-4-2-5-14(17)12-13;/h2-6,11-12H,7-10H2,1H3,(H2,18,19,20);1H. The fourth-order valence-corrected chi connectivity index (χ4v) is 2.21. The van der Waals surface area contributed by atoms with Gasteiger partial charge in [-0.15, -0.1) is 24.0 Å². The van der Waals surface area contributed by atoms with Crippen molar-refractivity contribution >= 4 is 41.5 Å². The maximum absolute atomic E-state index is 5.97. The van der Waals surface area contributed by atoms with Crippen LogP contribution in [0.3, 0.4) is 0 Å². The molecular weight excluding hydrogens is 413 g/mol. The Hall–Kier alpha value is -1.21. The largest absolute Gasteiger partial charge is 0.469 e. The number of rotatable bonds is 6. The average molecular weight is 434 g/mol. The van der Waals surface area contributed by atoms with Crippen molar-refractivity contribution in [3.8, 4) is 0 Å². The second-order valence-electron chi connectivity index (χ2n) is 4.64. The molecule has 0 aliphatic heterocycles. The van der Waals surface area contributed by atoms with Crippen molar-refractivity contribution in [3.05, 3.63) is 59.0 Å². The summed E-state index contributed by atoms with van der Waals surface area (Å²) in [6.07, 6.45) is 3.43. The Bertz CT molecular complexity index is 573. The van der Waals surface area contributed by atoms with Crippen LogP contribution in [0.1, 0.15) is 11.3 Å². The zero-order valence-corrected chi connectivity index (χ0v) is 15.6. The van der Waals surface area contributed by atoms with Gasteiger partial charge in [-0.3, -0.25) is 4.99 Å². The van der Waals surface area contributed by atoms with Crippen molar-refractivity contribution in [2.24, 2.45) is 4.99 Å². The van der Waals surface area contributed by atoms with Gasteiger partial charge in [0.25, 0.3) is 0 Å². The number of halogens is 2. The van der Waals surface area contributed by atoms with Gasteiger partial charge in [-0.1, -0.05) is 23.7 Å². The Morgan fingerprint density at radius 2 is 1.91 bits per heavy atom. The van der Waals surface area contributed by atoms with E-state index in [2.05, 4.69) is 21.7 Å². The Balaban J connectivity index is 0.00000242. The molecule has 22 heavy (non-hydrogen) atoms. The number of hydrogen-bond donors (Lipinski definition) is 2. The molecule has 0 aliphatic carbocycles. The highest BCUT2D eigenvalue weighted by Gasteiger charge is 2.00. The van der Waals surface area contributed by atoms with Gasteiger partial charge in [0.1, 0.15) is 5.76 Å². The molecule has 1 heterocycles. The van der Waals surface area contributed by atoms with Gasteiger partial charge in [-0.05, 0) is 36.2 Å². The van der Waals surface area contributed by atoms with Gasteiger partial charge < -0.3 is 15.1 Å². The maximum atomic E-state index is 5.97. The average Bonchev–Trinajstić information content (AvgIpc) is 2.99. The quantitative estimate of drug-likeness (QED) is 0.416. The van der Waals surface area contributed by atoms with E-state index in [0.717, 1.165) is 42.7 Å². The molecule has 0 saturated carbocycles. The number of aliphatic imine (C=N–C) groups is 1. The smallest absolute Gasteiger partial charge is 0.191 e. The molecule has 0 atom stereocenters. The third-order valence-corrected chi connectivity index (χ3v) is 3.30. The van der Waals surface area contributed by atoms with Crippen LogP contribution in [-0.4, -0.2) is 26.1 Å². The third-order valence-electron chi connectivity index (χ3n) is 3.06. The number of benzene rings is 1. The normalized spacial score (nSPS) is 10.9. The Morgan fingerprint density at radius 3 is 2.55 bits per heavy atom. The van der Waals surface area contributed by atoms with Crippen molar-refractivity contribution in [2.45, 2.75) is 12.8 Å². The third kappa shape index (κ3) is 6.70. The van der Waals surface area contributed by atoms with Crippen LogP contribution in [0, 0.1) is 0 Å². The van der Waals surface area contributed by atoms with E-state index in [1.165, 1.54) is 5.56 Å². The van der Waals surface area contributed by atoms with Crippen LogP contribution in [0.15, 0.2) is 52.1 Å². The van der Waals surface area contributed by atoms with Crippen molar-refractivity contribution in [2.75, 3.05) is 20.1 Å². The summed E-state index contributed by atoms with van der Waals surface area (Å²) in [4.78, 5) is 4.19. The summed E-state index contributed by atoms with van der Waals surface area (Å²) >= 11 is 5.97. The first-order valence-electron chi connectivity index (χ1n) is 6.99. The van der Waals surface area contributed by atoms with Crippen LogP contribution in [-0.2, 0) is 12.8 Å². The molecule has 0 fully saturated rings. The molecule has 0 saturated heterocycles. The van der Waals surface area contributed by atoms with Gasteiger partial charge in [0, 0.05) is 31.6 Å². The fourth-order valence-electron chi connectivity index (χ4n) is 2.00. The highest BCUT2D eigenvalue weighted by atomic mass is 127. The van der Waals surface area contributed by atoms with Crippen LogP contribution in [0.25, 0.3) is 0 Å². The van der Waals surface area contributed by atoms with Crippen molar-refractivity contribution in [1.82, 2.24) is 10.6 Å². The Morgan fingerprint density at radius 1 is 1.14 bits per heavy atom. The number of nitrogens with one attached hydrogen (secondary N) is 2. The molecular formula is C16H21ClIN3O. The Labute approximate surface area is 153 Å². The molecule has 4 nitrogen and oxygen atoms in total. The summed E-state index contributed by atoms with van der Waals surface area (Å²) in [7, 11) is 1.77. The molecule has 0 unspecified atom stereocenters. The molecule has 0 amide bonds. The van der Waals surface area contributed by atoms with Crippen molar-refractivity contribution < 1.29 is 4.42 Å². The number of furan rings is 1. The van der Waals surface area contributed by atoms with Gasteiger partial charge in [0.05, 0.1) is 6.26 Å². The van der Waals surface area contributed by atoms with E-state index in [9.17, 15) is 0 Å². The first-order valence-corrected chi connectivity index (χ1v) is 7.37. The highest BCUT2D eigenvalue weighted by Crippen LogP contribution is 2.10. The van der Waals surface area contributed by atoms with E-state index < -0.39 is 0 Å². The molecule has 2 N–H and O–H groups in total. The second-order valence-corrected chi connectivity index (χ2v) is 5.07. The molecule has 0 aliphatic rings. The summed E-state index contributed by atoms with van der Waals surface area (Å²) in [5.41, 5.74) is 1.21. The fraction of sp³-hybridized carbons (Fsp3) is 0.312. The van der Waals surface area contributed by atoms with Crippen LogP contribution in [0.5, 0.6) is 0 Å². The van der Waals surface area contributed by atoms with Crippen LogP contribution in [0.4, 0.5) is 0 Å². The summed E-state index contributed by atoms with van der Waals surface area (Å²) in [6, 6.07) is 11.8. The maximum Gasteiger partial charge on any atom is 0.191 e. The molecule has 0 bridgehead atoms. The molecule has 120 valence electrons. The minimum atomic E-state index is 0. The summed E-state index contributed by atoms with van der Waals surface area (Å²) in [6.45, 7) is 1.59. The second kappa shape index (κ2) is 10.5. The SMILES string of the molecule is CN=C(NCCc1cccc(Cl)c1)NCCc1ccco1.I. The predicted octanol–water partition coefficient (Wildman–Crippen LogP) is 3.50. The van der Waals surface area contributed by atoms with Gasteiger partial charge in [-0.2, -0.15) is 0 Å². The summed E-state index contributed by atoms with van der Waals surface area (Å²) in [5.74, 6) is 1.76. The van der Waals surface area contributed by atoms with Gasteiger partial charge >= 0.3 is 0 Å². The lowest BCUT2D eigenvalue weighted by Gasteiger charge is -2.11. The minimum Gasteiger partial charge on any atom is -0.469 e. The topological polar surface area (TPSA) is 49.6 Å². The lowest BCUT2D eigenvalue weighted by Crippen LogP contribution is -2.39. The number of guanidine groups is 1. The molecule has 6 heteroatoms. The molecule has 2 rings (SSSR count). The van der Waals surface area contributed by atoms with E-state index in [1.807, 2.05) is 30.3 Å². The van der Waals surface area contributed by atoms with E-state index >= 15 is 0 Å². The van der Waals surface area contributed by atoms with Gasteiger partial charge in [0.2, 0.25) is 0 Å². The van der Waals surface area contributed by atoms with Crippen molar-refractivity contribution in [1.29, 1.82) is 0 Å². The zero-order valence-electron chi connectivity index (χ0n) is 12.5. The van der Waals surface area contributed by atoms with Crippen LogP contribution in [0.2, 0.25) is 5.02 Å². The molecule has 0 spiro atoms.